The van der Waals surface area contributed by atoms with Crippen LogP contribution in [-0.2, 0) is 11.2 Å². The van der Waals surface area contributed by atoms with Crippen LogP contribution in [-0.4, -0.2) is 12.7 Å². The third-order valence-electron chi connectivity index (χ3n) is 5.37. The van der Waals surface area contributed by atoms with Gasteiger partial charge in [-0.1, -0.05) is 49.4 Å². The van der Waals surface area contributed by atoms with Crippen LogP contribution in [0.15, 0.2) is 48.6 Å². The molecule has 0 N–H and O–H groups in total. The minimum Gasteiger partial charge on any atom is -0.378 e. The molecule has 0 spiro atoms. The van der Waals surface area contributed by atoms with Crippen LogP contribution in [0.2, 0.25) is 0 Å². The number of ether oxygens (including phenoxy) is 1. The quantitative estimate of drug-likeness (QED) is 0.476. The lowest BCUT2D eigenvalue weighted by Gasteiger charge is -2.39. The second-order valence-corrected chi connectivity index (χ2v) is 6.71. The Morgan fingerprint density at radius 1 is 1.21 bits per heavy atom. The van der Waals surface area contributed by atoms with Gasteiger partial charge in [-0.2, -0.15) is 5.26 Å². The normalized spacial score (nSPS) is 24.5. The molecule has 1 aromatic carbocycles. The van der Waals surface area contributed by atoms with Crippen molar-refractivity contribution in [2.75, 3.05) is 7.11 Å². The number of rotatable bonds is 7. The predicted molar refractivity (Wildman–Crippen MR) is 99.9 cm³/mol. The Kier molecular flexibility index (Phi) is 7.28. The van der Waals surface area contributed by atoms with E-state index in [1.165, 1.54) is 30.0 Å². The first kappa shape index (κ1) is 18.5. The zero-order valence-electron chi connectivity index (χ0n) is 15.0. The van der Waals surface area contributed by atoms with Crippen LogP contribution in [0, 0.1) is 11.3 Å². The van der Waals surface area contributed by atoms with Gasteiger partial charge in [0.1, 0.15) is 0 Å². The second-order valence-electron chi connectivity index (χ2n) is 6.71. The van der Waals surface area contributed by atoms with Gasteiger partial charge in [-0.05, 0) is 62.0 Å². The summed E-state index contributed by atoms with van der Waals surface area (Å²) in [5, 5.41) is 8.46. The lowest BCUT2D eigenvalue weighted by molar-refractivity contribution is -0.0483. The number of nitriles is 1. The Morgan fingerprint density at radius 2 is 1.92 bits per heavy atom. The smallest absolute Gasteiger partial charge is 0.0912 e. The molecule has 2 rings (SSSR count). The third-order valence-corrected chi connectivity index (χ3v) is 5.37. The van der Waals surface area contributed by atoms with Gasteiger partial charge >= 0.3 is 0 Å². The molecule has 0 amide bonds. The highest BCUT2D eigenvalue weighted by Crippen LogP contribution is 2.42. The van der Waals surface area contributed by atoms with E-state index in [1.54, 1.807) is 6.08 Å². The molecule has 0 unspecified atom stereocenters. The molecule has 128 valence electrons. The van der Waals surface area contributed by atoms with Gasteiger partial charge in [-0.15, -0.1) is 0 Å². The summed E-state index contributed by atoms with van der Waals surface area (Å²) in [6, 6.07) is 11.2. The highest BCUT2D eigenvalue weighted by Gasteiger charge is 2.34. The molecular formula is C22H29NO. The van der Waals surface area contributed by atoms with Crippen LogP contribution in [0.25, 0.3) is 0 Å². The maximum absolute atomic E-state index is 8.46. The number of aryl methyl sites for hydroxylation is 1. The maximum atomic E-state index is 8.46. The molecule has 2 nitrogen and oxygen atoms in total. The van der Waals surface area contributed by atoms with Crippen LogP contribution in [0.5, 0.6) is 0 Å². The predicted octanol–water partition coefficient (Wildman–Crippen LogP) is 5.71. The van der Waals surface area contributed by atoms with Crippen molar-refractivity contribution in [2.45, 2.75) is 63.4 Å². The SMILES string of the molecule is CCc1ccc([C@H]2CC[C@@](CCC=CC=CC#N)(OC)CC2)cc1. The first-order chi connectivity index (χ1) is 11.7. The minimum absolute atomic E-state index is 0.0309. The summed E-state index contributed by atoms with van der Waals surface area (Å²) in [6.45, 7) is 2.20. The van der Waals surface area contributed by atoms with Gasteiger partial charge in [0.15, 0.2) is 0 Å². The standard InChI is InChI=1S/C22H29NO/c1-3-19-9-11-20(12-10-19)21-13-16-22(24-2,17-14-21)15-7-5-4-6-8-18-23/h4-6,8-12,21H,3,7,13-17H2,1-2H3/t21-,22+. The zero-order valence-corrected chi connectivity index (χ0v) is 15.0. The summed E-state index contributed by atoms with van der Waals surface area (Å²) in [5.74, 6) is 0.674. The average molecular weight is 323 g/mol. The number of benzene rings is 1. The van der Waals surface area contributed by atoms with Gasteiger partial charge in [0.2, 0.25) is 0 Å². The lowest BCUT2D eigenvalue weighted by atomic mass is 9.74. The molecule has 0 aliphatic heterocycles. The van der Waals surface area contributed by atoms with Gasteiger partial charge < -0.3 is 4.74 Å². The molecule has 1 fully saturated rings. The summed E-state index contributed by atoms with van der Waals surface area (Å²) in [6.07, 6.45) is 15.2. The molecule has 0 radical (unpaired) electrons. The Morgan fingerprint density at radius 3 is 2.50 bits per heavy atom. The molecule has 1 saturated carbocycles. The van der Waals surface area contributed by atoms with E-state index >= 15 is 0 Å². The lowest BCUT2D eigenvalue weighted by Crippen LogP contribution is -2.35. The number of nitrogens with zero attached hydrogens (tertiary/aromatic N) is 1. The van der Waals surface area contributed by atoms with E-state index < -0.39 is 0 Å². The van der Waals surface area contributed by atoms with E-state index in [4.69, 9.17) is 10.00 Å². The summed E-state index contributed by atoms with van der Waals surface area (Å²) in [7, 11) is 1.86. The van der Waals surface area contributed by atoms with E-state index in [2.05, 4.69) is 37.3 Å². The van der Waals surface area contributed by atoms with Crippen molar-refractivity contribution in [3.63, 3.8) is 0 Å². The molecule has 0 heterocycles. The van der Waals surface area contributed by atoms with Gasteiger partial charge in [0.25, 0.3) is 0 Å². The molecule has 0 atom stereocenters. The molecule has 0 aromatic heterocycles. The Bertz CT molecular complexity index is 583. The van der Waals surface area contributed by atoms with Crippen molar-refractivity contribution in [2.24, 2.45) is 0 Å². The van der Waals surface area contributed by atoms with Crippen LogP contribution in [0.3, 0.4) is 0 Å². The number of hydrogen-bond donors (Lipinski definition) is 0. The number of hydrogen-bond acceptors (Lipinski definition) is 2. The fourth-order valence-corrected chi connectivity index (χ4v) is 3.68. The molecule has 1 aliphatic carbocycles. The summed E-state index contributed by atoms with van der Waals surface area (Å²) in [5.41, 5.74) is 2.93. The molecule has 0 bridgehead atoms. The Hall–Kier alpha value is -1.85. The van der Waals surface area contributed by atoms with Crippen molar-refractivity contribution >= 4 is 0 Å². The topological polar surface area (TPSA) is 33.0 Å². The minimum atomic E-state index is 0.0309. The van der Waals surface area contributed by atoms with Crippen LogP contribution in [0.4, 0.5) is 0 Å². The fourth-order valence-electron chi connectivity index (χ4n) is 3.68. The summed E-state index contributed by atoms with van der Waals surface area (Å²) >= 11 is 0. The molecule has 0 saturated heterocycles. The van der Waals surface area contributed by atoms with Crippen molar-refractivity contribution in [3.05, 3.63) is 59.7 Å². The molecule has 1 aromatic rings. The molecule has 2 heteroatoms. The van der Waals surface area contributed by atoms with Crippen LogP contribution in [0.1, 0.15) is 62.5 Å². The van der Waals surface area contributed by atoms with Crippen molar-refractivity contribution < 1.29 is 4.74 Å². The fraction of sp³-hybridized carbons (Fsp3) is 0.500. The van der Waals surface area contributed by atoms with Crippen molar-refractivity contribution in [3.8, 4) is 6.07 Å². The highest BCUT2D eigenvalue weighted by atomic mass is 16.5. The summed E-state index contributed by atoms with van der Waals surface area (Å²) in [4.78, 5) is 0. The van der Waals surface area contributed by atoms with Crippen LogP contribution < -0.4 is 0 Å². The van der Waals surface area contributed by atoms with E-state index in [1.807, 2.05) is 19.3 Å². The zero-order chi connectivity index (χ0) is 17.3. The van der Waals surface area contributed by atoms with Crippen molar-refractivity contribution in [1.82, 2.24) is 0 Å². The summed E-state index contributed by atoms with van der Waals surface area (Å²) < 4.78 is 5.92. The van der Waals surface area contributed by atoms with E-state index in [-0.39, 0.29) is 5.60 Å². The highest BCUT2D eigenvalue weighted by molar-refractivity contribution is 5.26. The maximum Gasteiger partial charge on any atom is 0.0912 e. The third kappa shape index (κ3) is 5.08. The first-order valence-corrected chi connectivity index (χ1v) is 9.08. The van der Waals surface area contributed by atoms with Crippen LogP contribution >= 0.6 is 0 Å². The Balaban J connectivity index is 1.87. The van der Waals surface area contributed by atoms with Gasteiger partial charge in [-0.3, -0.25) is 0 Å². The second kappa shape index (κ2) is 9.45. The number of methoxy groups -OCH3 is 1. The van der Waals surface area contributed by atoms with Crippen molar-refractivity contribution in [1.29, 1.82) is 5.26 Å². The van der Waals surface area contributed by atoms with Gasteiger partial charge in [0, 0.05) is 13.2 Å². The largest absolute Gasteiger partial charge is 0.378 e. The average Bonchev–Trinajstić information content (AvgIpc) is 2.65. The van der Waals surface area contributed by atoms with E-state index in [9.17, 15) is 0 Å². The molecule has 1 aliphatic rings. The monoisotopic (exact) mass is 323 g/mol. The number of allylic oxidation sites excluding steroid dienone is 4. The van der Waals surface area contributed by atoms with Gasteiger partial charge in [-0.25, -0.2) is 0 Å². The molecule has 24 heavy (non-hydrogen) atoms. The van der Waals surface area contributed by atoms with Gasteiger partial charge in [0.05, 0.1) is 11.7 Å². The van der Waals surface area contributed by atoms with E-state index in [0.717, 1.165) is 32.1 Å². The molecular weight excluding hydrogens is 294 g/mol. The van der Waals surface area contributed by atoms with E-state index in [0.29, 0.717) is 5.92 Å². The first-order valence-electron chi connectivity index (χ1n) is 9.08. The Labute approximate surface area is 146 Å².